The van der Waals surface area contributed by atoms with Crippen molar-refractivity contribution in [1.82, 2.24) is 14.9 Å². The first kappa shape index (κ1) is 19.3. The summed E-state index contributed by atoms with van der Waals surface area (Å²) in [4.78, 5) is 36.2. The Morgan fingerprint density at radius 3 is 2.85 bits per heavy atom. The molecule has 0 saturated carbocycles. The van der Waals surface area contributed by atoms with E-state index in [9.17, 15) is 9.59 Å². The van der Waals surface area contributed by atoms with Crippen molar-refractivity contribution in [2.45, 2.75) is 13.2 Å². The first-order chi connectivity index (χ1) is 12.4. The second kappa shape index (κ2) is 8.08. The van der Waals surface area contributed by atoms with Crippen LogP contribution in [0.1, 0.15) is 16.1 Å². The molecule has 1 aliphatic rings. The number of amides is 2. The molecule has 3 heterocycles. The molecule has 0 aliphatic carbocycles. The predicted octanol–water partition coefficient (Wildman–Crippen LogP) is 3.93. The Bertz CT molecular complexity index is 850. The lowest BCUT2D eigenvalue weighted by Gasteiger charge is -2.20. The predicted molar refractivity (Wildman–Crippen MR) is 103 cm³/mol. The number of nitrogens with zero attached hydrogens (tertiary/aromatic N) is 4. The molecule has 0 aromatic carbocycles. The molecule has 2 aromatic heterocycles. The van der Waals surface area contributed by atoms with Crippen LogP contribution < -0.4 is 4.90 Å². The molecule has 1 unspecified atom stereocenters. The Morgan fingerprint density at radius 2 is 2.23 bits per heavy atom. The van der Waals surface area contributed by atoms with E-state index in [2.05, 4.69) is 25.9 Å². The number of urea groups is 1. The van der Waals surface area contributed by atoms with Crippen LogP contribution in [0.4, 0.5) is 9.93 Å². The Kier molecular flexibility index (Phi) is 6.01. The zero-order valence-electron chi connectivity index (χ0n) is 13.5. The summed E-state index contributed by atoms with van der Waals surface area (Å²) in [6, 6.07) is 1.23. The van der Waals surface area contributed by atoms with Crippen LogP contribution in [0.15, 0.2) is 22.2 Å². The van der Waals surface area contributed by atoms with Crippen LogP contribution in [-0.4, -0.2) is 52.1 Å². The van der Waals surface area contributed by atoms with E-state index in [1.54, 1.807) is 19.2 Å². The van der Waals surface area contributed by atoms with Crippen molar-refractivity contribution in [3.8, 4) is 0 Å². The van der Waals surface area contributed by atoms with Crippen LogP contribution in [0, 0.1) is 6.92 Å². The highest BCUT2D eigenvalue weighted by Crippen LogP contribution is 2.32. The van der Waals surface area contributed by atoms with Crippen molar-refractivity contribution in [1.29, 1.82) is 0 Å². The third-order valence-corrected chi connectivity index (χ3v) is 5.71. The van der Waals surface area contributed by atoms with Crippen molar-refractivity contribution in [2.75, 3.05) is 23.9 Å². The van der Waals surface area contributed by atoms with Gasteiger partial charge in [0.25, 0.3) is 0 Å². The molecular weight excluding hydrogens is 467 g/mol. The molecule has 0 N–H and O–H groups in total. The van der Waals surface area contributed by atoms with Gasteiger partial charge in [0.1, 0.15) is 5.69 Å². The van der Waals surface area contributed by atoms with Gasteiger partial charge in [0.05, 0.1) is 21.6 Å². The molecule has 138 valence electrons. The molecule has 11 heteroatoms. The van der Waals surface area contributed by atoms with Crippen molar-refractivity contribution in [3.63, 3.8) is 0 Å². The van der Waals surface area contributed by atoms with Gasteiger partial charge in [0.15, 0.2) is 5.13 Å². The topological polar surface area (TPSA) is 75.6 Å². The van der Waals surface area contributed by atoms with Gasteiger partial charge in [0, 0.05) is 18.6 Å². The maximum atomic E-state index is 12.7. The molecule has 3 rings (SSSR count). The number of rotatable bonds is 5. The lowest BCUT2D eigenvalue weighted by Crippen LogP contribution is -2.38. The van der Waals surface area contributed by atoms with E-state index >= 15 is 0 Å². The first-order valence-electron chi connectivity index (χ1n) is 7.49. The van der Waals surface area contributed by atoms with Crippen LogP contribution in [0.2, 0.25) is 5.02 Å². The Morgan fingerprint density at radius 1 is 1.46 bits per heavy atom. The second-order valence-electron chi connectivity index (χ2n) is 5.41. The van der Waals surface area contributed by atoms with Crippen molar-refractivity contribution in [2.24, 2.45) is 0 Å². The third kappa shape index (κ3) is 3.95. The summed E-state index contributed by atoms with van der Waals surface area (Å²) < 4.78 is 6.30. The quantitative estimate of drug-likeness (QED) is 0.479. The van der Waals surface area contributed by atoms with E-state index in [-0.39, 0.29) is 24.1 Å². The fourth-order valence-corrected chi connectivity index (χ4v) is 3.92. The summed E-state index contributed by atoms with van der Waals surface area (Å²) in [6.45, 7) is 2.30. The highest BCUT2D eigenvalue weighted by atomic mass is 79.9. The number of hydrogen-bond acceptors (Lipinski definition) is 6. The molecule has 0 radical (unpaired) electrons. The summed E-state index contributed by atoms with van der Waals surface area (Å²) in [7, 11) is 0. The third-order valence-electron chi connectivity index (χ3n) is 3.67. The van der Waals surface area contributed by atoms with Gasteiger partial charge >= 0.3 is 12.0 Å². The molecule has 7 nitrogen and oxygen atoms in total. The highest BCUT2D eigenvalue weighted by molar-refractivity contribution is 9.11. The number of thiazole rings is 1. The van der Waals surface area contributed by atoms with Crippen molar-refractivity contribution >= 4 is 67.6 Å². The van der Waals surface area contributed by atoms with Gasteiger partial charge in [-0.15, -0.1) is 11.6 Å². The lowest BCUT2D eigenvalue weighted by atomic mass is 10.2. The SMILES string of the molecule is Cc1cc(C(=O)OC2CN(CCCl)C(=O)N2c2ncc(Br)s2)ncc1Cl. The molecule has 1 aliphatic heterocycles. The maximum absolute atomic E-state index is 12.7. The van der Waals surface area contributed by atoms with Crippen LogP contribution in [-0.2, 0) is 4.74 Å². The number of hydrogen-bond donors (Lipinski definition) is 0. The molecule has 2 aromatic rings. The minimum atomic E-state index is -0.825. The molecule has 1 saturated heterocycles. The van der Waals surface area contributed by atoms with Crippen LogP contribution in [0.3, 0.4) is 0 Å². The minimum Gasteiger partial charge on any atom is -0.434 e. The zero-order valence-corrected chi connectivity index (χ0v) is 17.4. The smallest absolute Gasteiger partial charge is 0.358 e. The number of pyridine rings is 1. The number of alkyl halides is 1. The highest BCUT2D eigenvalue weighted by Gasteiger charge is 2.42. The Labute approximate surface area is 172 Å². The second-order valence-corrected chi connectivity index (χ2v) is 8.59. The van der Waals surface area contributed by atoms with Gasteiger partial charge < -0.3 is 9.64 Å². The van der Waals surface area contributed by atoms with Gasteiger partial charge in [-0.1, -0.05) is 22.9 Å². The largest absolute Gasteiger partial charge is 0.434 e. The Balaban J connectivity index is 1.84. The standard InChI is InChI=1S/C15H13BrCl2N4O3S/c1-8-4-10(19-5-9(8)18)13(23)25-12-7-21(3-2-17)15(24)22(12)14-20-6-11(16)26-14/h4-6,12H,2-3,7H2,1H3. The van der Waals surface area contributed by atoms with E-state index in [1.807, 2.05) is 0 Å². The van der Waals surface area contributed by atoms with Gasteiger partial charge in [-0.2, -0.15) is 0 Å². The number of aryl methyl sites for hydroxylation is 1. The van der Waals surface area contributed by atoms with Crippen LogP contribution in [0.5, 0.6) is 0 Å². The molecular formula is C15H13BrCl2N4O3S. The Hall–Kier alpha value is -1.42. The van der Waals surface area contributed by atoms with Crippen LogP contribution >= 0.6 is 50.5 Å². The average molecular weight is 480 g/mol. The van der Waals surface area contributed by atoms with Gasteiger partial charge in [-0.05, 0) is 34.5 Å². The number of carbonyl (C=O) groups excluding carboxylic acids is 2. The summed E-state index contributed by atoms with van der Waals surface area (Å²) in [5, 5.41) is 0.886. The molecule has 26 heavy (non-hydrogen) atoms. The number of ether oxygens (including phenoxy) is 1. The zero-order chi connectivity index (χ0) is 18.8. The fraction of sp³-hybridized carbons (Fsp3) is 0.333. The average Bonchev–Trinajstić information content (AvgIpc) is 3.14. The van der Waals surface area contributed by atoms with Crippen molar-refractivity contribution in [3.05, 3.63) is 38.5 Å². The van der Waals surface area contributed by atoms with E-state index < -0.39 is 12.2 Å². The van der Waals surface area contributed by atoms with E-state index in [0.717, 1.165) is 3.79 Å². The van der Waals surface area contributed by atoms with Crippen molar-refractivity contribution < 1.29 is 14.3 Å². The molecule has 2 amide bonds. The fourth-order valence-electron chi connectivity index (χ4n) is 2.40. The minimum absolute atomic E-state index is 0.121. The number of halogens is 3. The monoisotopic (exact) mass is 478 g/mol. The van der Waals surface area contributed by atoms with E-state index in [0.29, 0.717) is 22.3 Å². The number of aromatic nitrogens is 2. The number of carbonyl (C=O) groups is 2. The summed E-state index contributed by atoms with van der Waals surface area (Å²) in [5.41, 5.74) is 0.830. The van der Waals surface area contributed by atoms with Gasteiger partial charge in [-0.25, -0.2) is 24.5 Å². The first-order valence-corrected chi connectivity index (χ1v) is 10.0. The van der Waals surface area contributed by atoms with Gasteiger partial charge in [0.2, 0.25) is 6.23 Å². The molecule has 0 bridgehead atoms. The maximum Gasteiger partial charge on any atom is 0.358 e. The number of esters is 1. The summed E-state index contributed by atoms with van der Waals surface area (Å²) >= 11 is 16.3. The summed E-state index contributed by atoms with van der Waals surface area (Å²) in [5.74, 6) is -0.365. The normalized spacial score (nSPS) is 17.1. The van der Waals surface area contributed by atoms with Crippen LogP contribution in [0.25, 0.3) is 0 Å². The molecule has 1 fully saturated rings. The lowest BCUT2D eigenvalue weighted by molar-refractivity contribution is 0.0320. The van der Waals surface area contributed by atoms with E-state index in [1.165, 1.54) is 27.3 Å². The summed E-state index contributed by atoms with van der Waals surface area (Å²) in [6.07, 6.45) is 2.15. The molecule has 0 spiro atoms. The van der Waals surface area contributed by atoms with E-state index in [4.69, 9.17) is 27.9 Å². The van der Waals surface area contributed by atoms with Gasteiger partial charge in [-0.3, -0.25) is 0 Å². The number of anilines is 1. The molecule has 1 atom stereocenters.